The van der Waals surface area contributed by atoms with Crippen molar-refractivity contribution in [3.63, 3.8) is 0 Å². The molecular weight excluding hydrogens is 420 g/mol. The summed E-state index contributed by atoms with van der Waals surface area (Å²) in [6, 6.07) is 25.1. The average Bonchev–Trinajstić information content (AvgIpc) is 3.28. The van der Waals surface area contributed by atoms with E-state index in [2.05, 4.69) is 4.98 Å². The number of rotatable bonds is 11. The maximum atomic E-state index is 11.6. The summed E-state index contributed by atoms with van der Waals surface area (Å²) in [5.74, 6) is -0.268. The molecule has 1 atom stereocenters. The Labute approximate surface area is 192 Å². The molecule has 33 heavy (non-hydrogen) atoms. The fraction of sp³-hybridized carbons (Fsp3) is 0.231. The minimum absolute atomic E-state index is 0.257. The number of nitrogens with zero attached hydrogens (tertiary/aromatic N) is 2. The quantitative estimate of drug-likeness (QED) is 0.362. The third kappa shape index (κ3) is 6.11. The normalized spacial score (nSPS) is 11.9. The van der Waals surface area contributed by atoms with Gasteiger partial charge in [-0.1, -0.05) is 54.6 Å². The van der Waals surface area contributed by atoms with E-state index in [1.165, 1.54) is 0 Å². The van der Waals surface area contributed by atoms with Gasteiger partial charge < -0.3 is 23.9 Å². The molecule has 1 heterocycles. The van der Waals surface area contributed by atoms with Crippen LogP contribution in [0.2, 0.25) is 0 Å². The molecule has 4 rings (SSSR count). The maximum absolute atomic E-state index is 11.6. The molecule has 0 unspecified atom stereocenters. The van der Waals surface area contributed by atoms with E-state index in [0.29, 0.717) is 24.9 Å². The summed E-state index contributed by atoms with van der Waals surface area (Å²) in [6.45, 7) is 1.31. The van der Waals surface area contributed by atoms with Gasteiger partial charge in [0.25, 0.3) is 6.01 Å². The molecule has 7 heteroatoms. The van der Waals surface area contributed by atoms with Crippen LogP contribution in [0.5, 0.6) is 5.75 Å². The number of fused-ring (bicyclic) bond motifs is 1. The van der Waals surface area contributed by atoms with Gasteiger partial charge in [-0.05, 0) is 35.4 Å². The number of para-hydroxylation sites is 2. The van der Waals surface area contributed by atoms with Gasteiger partial charge in [0.1, 0.15) is 17.9 Å². The van der Waals surface area contributed by atoms with E-state index in [1.54, 1.807) is 0 Å². The molecule has 0 saturated carbocycles. The summed E-state index contributed by atoms with van der Waals surface area (Å²) >= 11 is 0. The number of oxazole rings is 1. The molecule has 0 amide bonds. The average molecular weight is 447 g/mol. The van der Waals surface area contributed by atoms with Crippen LogP contribution < -0.4 is 9.64 Å². The Morgan fingerprint density at radius 3 is 2.45 bits per heavy atom. The van der Waals surface area contributed by atoms with Crippen molar-refractivity contribution in [2.45, 2.75) is 19.1 Å². The topological polar surface area (TPSA) is 85.0 Å². The minimum Gasteiger partial charge on any atom is -0.492 e. The second kappa shape index (κ2) is 10.7. The SMILES string of the molecule is CN(CCOc1ccc(C[C@H](OCc2ccccc2)C(=O)O)cc1)c1nc2ccccc2o1. The van der Waals surface area contributed by atoms with Gasteiger partial charge in [-0.15, -0.1) is 0 Å². The van der Waals surface area contributed by atoms with E-state index in [0.717, 1.165) is 22.2 Å². The number of ether oxygens (including phenoxy) is 2. The van der Waals surface area contributed by atoms with Crippen LogP contribution in [0.1, 0.15) is 11.1 Å². The number of carboxylic acids is 1. The Bertz CT molecular complexity index is 1140. The third-order valence-electron chi connectivity index (χ3n) is 5.22. The largest absolute Gasteiger partial charge is 0.492 e. The predicted molar refractivity (Wildman–Crippen MR) is 126 cm³/mol. The lowest BCUT2D eigenvalue weighted by atomic mass is 10.1. The smallest absolute Gasteiger partial charge is 0.333 e. The van der Waals surface area contributed by atoms with Crippen molar-refractivity contribution in [3.8, 4) is 5.75 Å². The Kier molecular flexibility index (Phi) is 7.22. The molecule has 0 aliphatic carbocycles. The van der Waals surface area contributed by atoms with Crippen LogP contribution >= 0.6 is 0 Å². The van der Waals surface area contributed by atoms with E-state index < -0.39 is 12.1 Å². The maximum Gasteiger partial charge on any atom is 0.333 e. The van der Waals surface area contributed by atoms with Crippen molar-refractivity contribution in [1.82, 2.24) is 4.98 Å². The highest BCUT2D eigenvalue weighted by atomic mass is 16.5. The summed E-state index contributed by atoms with van der Waals surface area (Å²) in [5, 5.41) is 9.51. The first-order chi connectivity index (χ1) is 16.1. The number of aliphatic carboxylic acids is 1. The summed E-state index contributed by atoms with van der Waals surface area (Å²) in [5.41, 5.74) is 3.38. The monoisotopic (exact) mass is 446 g/mol. The molecule has 0 aliphatic heterocycles. The van der Waals surface area contributed by atoms with Gasteiger partial charge in [0, 0.05) is 13.5 Å². The molecule has 0 saturated heterocycles. The van der Waals surface area contributed by atoms with Gasteiger partial charge in [-0.3, -0.25) is 0 Å². The Balaban J connectivity index is 1.26. The highest BCUT2D eigenvalue weighted by Gasteiger charge is 2.19. The highest BCUT2D eigenvalue weighted by Crippen LogP contribution is 2.21. The molecule has 0 radical (unpaired) electrons. The van der Waals surface area contributed by atoms with Gasteiger partial charge in [0.05, 0.1) is 13.2 Å². The number of hydrogen-bond acceptors (Lipinski definition) is 6. The van der Waals surface area contributed by atoms with E-state index in [9.17, 15) is 9.90 Å². The number of benzene rings is 3. The van der Waals surface area contributed by atoms with Gasteiger partial charge in [0.2, 0.25) is 0 Å². The zero-order chi connectivity index (χ0) is 23.0. The van der Waals surface area contributed by atoms with Crippen LogP contribution in [0, 0.1) is 0 Å². The van der Waals surface area contributed by atoms with Crippen LogP contribution in [0.25, 0.3) is 11.1 Å². The van der Waals surface area contributed by atoms with Crippen LogP contribution in [0.3, 0.4) is 0 Å². The number of carbonyl (C=O) groups is 1. The lowest BCUT2D eigenvalue weighted by Crippen LogP contribution is -2.26. The Morgan fingerprint density at radius 2 is 1.73 bits per heavy atom. The molecule has 4 aromatic rings. The Morgan fingerprint density at radius 1 is 1.00 bits per heavy atom. The van der Waals surface area contributed by atoms with Gasteiger partial charge in [0.15, 0.2) is 11.7 Å². The van der Waals surface area contributed by atoms with E-state index in [4.69, 9.17) is 13.9 Å². The molecule has 170 valence electrons. The third-order valence-corrected chi connectivity index (χ3v) is 5.22. The zero-order valence-electron chi connectivity index (χ0n) is 18.4. The minimum atomic E-state index is -0.978. The standard InChI is InChI=1S/C26H26N2O5/c1-28(26-27-22-9-5-6-10-23(22)33-26)15-16-31-21-13-11-19(12-14-21)17-24(25(29)30)32-18-20-7-3-2-4-8-20/h2-14,24H,15-18H2,1H3,(H,29,30)/t24-/m0/s1. The van der Waals surface area contributed by atoms with Crippen molar-refractivity contribution in [3.05, 3.63) is 90.0 Å². The second-order valence-electron chi connectivity index (χ2n) is 7.71. The number of likely N-dealkylation sites (N-methyl/N-ethyl adjacent to an activating group) is 1. The first-order valence-corrected chi connectivity index (χ1v) is 10.8. The van der Waals surface area contributed by atoms with Crippen LogP contribution in [-0.4, -0.2) is 42.4 Å². The molecule has 1 aromatic heterocycles. The fourth-order valence-electron chi connectivity index (χ4n) is 3.34. The van der Waals surface area contributed by atoms with Crippen LogP contribution in [0.15, 0.2) is 83.3 Å². The molecule has 0 fully saturated rings. The summed E-state index contributed by atoms with van der Waals surface area (Å²) in [7, 11) is 1.90. The van der Waals surface area contributed by atoms with Gasteiger partial charge in [-0.25, -0.2) is 4.79 Å². The lowest BCUT2D eigenvalue weighted by molar-refractivity contribution is -0.151. The number of aromatic nitrogens is 1. The predicted octanol–water partition coefficient (Wildman–Crippen LogP) is 4.56. The Hall–Kier alpha value is -3.84. The van der Waals surface area contributed by atoms with E-state index in [1.807, 2.05) is 90.8 Å². The van der Waals surface area contributed by atoms with Crippen LogP contribution in [-0.2, 0) is 22.6 Å². The summed E-state index contributed by atoms with van der Waals surface area (Å²) < 4.78 is 17.2. The summed E-state index contributed by atoms with van der Waals surface area (Å²) in [4.78, 5) is 18.0. The fourth-order valence-corrected chi connectivity index (χ4v) is 3.34. The lowest BCUT2D eigenvalue weighted by Gasteiger charge is -2.16. The van der Waals surface area contributed by atoms with Crippen molar-refractivity contribution in [2.24, 2.45) is 0 Å². The molecule has 0 aliphatic rings. The van der Waals surface area contributed by atoms with Gasteiger partial charge in [-0.2, -0.15) is 4.98 Å². The molecule has 0 spiro atoms. The van der Waals surface area contributed by atoms with Crippen molar-refractivity contribution in [2.75, 3.05) is 25.1 Å². The number of anilines is 1. The molecule has 3 aromatic carbocycles. The highest BCUT2D eigenvalue weighted by molar-refractivity contribution is 5.74. The molecule has 1 N–H and O–H groups in total. The van der Waals surface area contributed by atoms with Crippen molar-refractivity contribution < 1.29 is 23.8 Å². The second-order valence-corrected chi connectivity index (χ2v) is 7.71. The number of hydrogen-bond donors (Lipinski definition) is 1. The summed E-state index contributed by atoms with van der Waals surface area (Å²) in [6.07, 6.45) is -0.634. The molecule has 0 bridgehead atoms. The van der Waals surface area contributed by atoms with Gasteiger partial charge >= 0.3 is 5.97 Å². The first kappa shape index (κ1) is 22.4. The zero-order valence-corrected chi connectivity index (χ0v) is 18.4. The molecule has 7 nitrogen and oxygen atoms in total. The van der Waals surface area contributed by atoms with Crippen molar-refractivity contribution >= 4 is 23.1 Å². The van der Waals surface area contributed by atoms with Crippen LogP contribution in [0.4, 0.5) is 6.01 Å². The first-order valence-electron chi connectivity index (χ1n) is 10.8. The van der Waals surface area contributed by atoms with E-state index >= 15 is 0 Å². The molecular formula is C26H26N2O5. The number of carboxylic acid groups (broad SMARTS) is 1. The van der Waals surface area contributed by atoms with Crippen molar-refractivity contribution in [1.29, 1.82) is 0 Å². The van der Waals surface area contributed by atoms with E-state index in [-0.39, 0.29) is 13.0 Å².